The van der Waals surface area contributed by atoms with Crippen molar-refractivity contribution in [2.45, 2.75) is 26.5 Å². The second kappa shape index (κ2) is 5.92. The molecule has 108 valence electrons. The number of benzene rings is 1. The van der Waals surface area contributed by atoms with E-state index < -0.39 is 6.10 Å². The lowest BCUT2D eigenvalue weighted by molar-refractivity contribution is -0.122. The van der Waals surface area contributed by atoms with Crippen LogP contribution in [-0.4, -0.2) is 33.2 Å². The van der Waals surface area contributed by atoms with Crippen LogP contribution in [0.3, 0.4) is 0 Å². The van der Waals surface area contributed by atoms with Crippen molar-refractivity contribution < 1.29 is 9.90 Å². The van der Waals surface area contributed by atoms with Gasteiger partial charge < -0.3 is 15.4 Å². The number of H-pyrrole nitrogens is 1. The molecule has 0 bridgehead atoms. The summed E-state index contributed by atoms with van der Waals surface area (Å²) in [5.74, 6) is -0.220. The second-order valence-electron chi connectivity index (χ2n) is 5.15. The zero-order valence-corrected chi connectivity index (χ0v) is 11.6. The van der Waals surface area contributed by atoms with Crippen LogP contribution in [0.4, 0.5) is 0 Å². The summed E-state index contributed by atoms with van der Waals surface area (Å²) in [6, 6.07) is 7.20. The minimum absolute atomic E-state index is 0.0618. The Bertz CT molecular complexity index is 657. The Morgan fingerprint density at radius 3 is 2.80 bits per heavy atom. The van der Waals surface area contributed by atoms with E-state index >= 15 is 0 Å². The Balaban J connectivity index is 2.07. The number of aromatic nitrogens is 2. The average molecular weight is 277 g/mol. The van der Waals surface area contributed by atoms with E-state index in [9.17, 15) is 14.7 Å². The number of hydrogen-bond donors (Lipinski definition) is 3. The number of carbonyl (C=O) groups excluding carboxylic acids is 1. The summed E-state index contributed by atoms with van der Waals surface area (Å²) in [4.78, 5) is 26.3. The van der Waals surface area contributed by atoms with Crippen LogP contribution in [0.25, 0.3) is 11.0 Å². The quantitative estimate of drug-likeness (QED) is 0.742. The maximum Gasteiger partial charge on any atom is 0.326 e. The van der Waals surface area contributed by atoms with Gasteiger partial charge in [0.15, 0.2) is 0 Å². The normalized spacial score (nSPS) is 12.8. The third-order valence-corrected chi connectivity index (χ3v) is 3.26. The Morgan fingerprint density at radius 2 is 2.10 bits per heavy atom. The molecule has 2 rings (SSSR count). The van der Waals surface area contributed by atoms with Gasteiger partial charge >= 0.3 is 5.69 Å². The maximum atomic E-state index is 11.8. The van der Waals surface area contributed by atoms with Crippen molar-refractivity contribution in [1.82, 2.24) is 14.9 Å². The van der Waals surface area contributed by atoms with Crippen molar-refractivity contribution in [3.05, 3.63) is 34.7 Å². The van der Waals surface area contributed by atoms with Gasteiger partial charge in [0.2, 0.25) is 5.91 Å². The highest BCUT2D eigenvalue weighted by Crippen LogP contribution is 2.08. The standard InChI is InChI=1S/C14H19N3O3/c1-9(2)12(18)7-15-13(19)8-17-11-6-4-3-5-10(11)16-14(17)20/h3-6,9,12,18H,7-8H2,1-2H3,(H,15,19)(H,16,20). The Morgan fingerprint density at radius 1 is 1.40 bits per heavy atom. The van der Waals surface area contributed by atoms with Crippen LogP contribution in [0.5, 0.6) is 0 Å². The zero-order valence-electron chi connectivity index (χ0n) is 11.6. The lowest BCUT2D eigenvalue weighted by atomic mass is 10.1. The molecule has 1 unspecified atom stereocenters. The van der Waals surface area contributed by atoms with Gasteiger partial charge in [0.25, 0.3) is 0 Å². The van der Waals surface area contributed by atoms with E-state index in [1.54, 1.807) is 12.1 Å². The summed E-state index contributed by atoms with van der Waals surface area (Å²) in [7, 11) is 0. The lowest BCUT2D eigenvalue weighted by Gasteiger charge is -2.15. The molecule has 1 aromatic heterocycles. The van der Waals surface area contributed by atoms with E-state index in [1.807, 2.05) is 26.0 Å². The first-order chi connectivity index (χ1) is 9.49. The smallest absolute Gasteiger partial charge is 0.326 e. The number of aliphatic hydroxyl groups excluding tert-OH is 1. The van der Waals surface area contributed by atoms with Crippen LogP contribution in [0.1, 0.15) is 13.8 Å². The minimum atomic E-state index is -0.585. The average Bonchev–Trinajstić information content (AvgIpc) is 2.72. The largest absolute Gasteiger partial charge is 0.391 e. The molecule has 20 heavy (non-hydrogen) atoms. The molecule has 1 aromatic carbocycles. The van der Waals surface area contributed by atoms with E-state index in [2.05, 4.69) is 10.3 Å². The summed E-state index contributed by atoms with van der Waals surface area (Å²) in [6.45, 7) is 3.88. The highest BCUT2D eigenvalue weighted by atomic mass is 16.3. The number of rotatable bonds is 5. The molecule has 0 aliphatic rings. The Labute approximate surface area is 116 Å². The lowest BCUT2D eigenvalue weighted by Crippen LogP contribution is -2.37. The number of aliphatic hydroxyl groups is 1. The number of imidazole rings is 1. The first kappa shape index (κ1) is 14.3. The van der Waals surface area contributed by atoms with Crippen molar-refractivity contribution >= 4 is 16.9 Å². The molecule has 0 aliphatic carbocycles. The van der Waals surface area contributed by atoms with Crippen molar-refractivity contribution in [3.63, 3.8) is 0 Å². The van der Waals surface area contributed by atoms with Gasteiger partial charge in [-0.25, -0.2) is 4.79 Å². The molecule has 3 N–H and O–H groups in total. The molecule has 0 radical (unpaired) electrons. The molecule has 1 atom stereocenters. The number of fused-ring (bicyclic) bond motifs is 1. The van der Waals surface area contributed by atoms with Gasteiger partial charge in [-0.1, -0.05) is 26.0 Å². The van der Waals surface area contributed by atoms with E-state index in [4.69, 9.17) is 0 Å². The van der Waals surface area contributed by atoms with Gasteiger partial charge in [-0.05, 0) is 18.1 Å². The fraction of sp³-hybridized carbons (Fsp3) is 0.429. The van der Waals surface area contributed by atoms with Crippen LogP contribution in [-0.2, 0) is 11.3 Å². The third kappa shape index (κ3) is 3.08. The van der Waals surface area contributed by atoms with Gasteiger partial charge in [-0.2, -0.15) is 0 Å². The Hall–Kier alpha value is -2.08. The molecule has 6 nitrogen and oxygen atoms in total. The van der Waals surface area contributed by atoms with E-state index in [0.29, 0.717) is 11.0 Å². The van der Waals surface area contributed by atoms with Crippen LogP contribution < -0.4 is 11.0 Å². The number of amides is 1. The molecule has 0 spiro atoms. The van der Waals surface area contributed by atoms with Crippen molar-refractivity contribution in [3.8, 4) is 0 Å². The molecule has 0 saturated carbocycles. The van der Waals surface area contributed by atoms with Crippen molar-refractivity contribution in [1.29, 1.82) is 0 Å². The topological polar surface area (TPSA) is 87.1 Å². The van der Waals surface area contributed by atoms with Gasteiger partial charge in [0.05, 0.1) is 17.1 Å². The molecule has 0 aliphatic heterocycles. The second-order valence-corrected chi connectivity index (χ2v) is 5.15. The third-order valence-electron chi connectivity index (χ3n) is 3.26. The fourth-order valence-electron chi connectivity index (χ4n) is 1.92. The number of aromatic amines is 1. The van der Waals surface area contributed by atoms with Crippen LogP contribution in [0.2, 0.25) is 0 Å². The molecule has 2 aromatic rings. The predicted octanol–water partition coefficient (Wildman–Crippen LogP) is 0.463. The zero-order chi connectivity index (χ0) is 14.7. The summed E-state index contributed by atoms with van der Waals surface area (Å²) in [5, 5.41) is 12.3. The van der Waals surface area contributed by atoms with E-state index in [0.717, 1.165) is 0 Å². The predicted molar refractivity (Wildman–Crippen MR) is 76.4 cm³/mol. The SMILES string of the molecule is CC(C)C(O)CNC(=O)Cn1c(=O)[nH]c2ccccc21. The minimum Gasteiger partial charge on any atom is -0.391 e. The van der Waals surface area contributed by atoms with Gasteiger partial charge in [0.1, 0.15) is 6.54 Å². The first-order valence-electron chi connectivity index (χ1n) is 6.61. The molecule has 1 amide bonds. The van der Waals surface area contributed by atoms with Crippen molar-refractivity contribution in [2.75, 3.05) is 6.54 Å². The molecule has 0 saturated heterocycles. The number of para-hydroxylation sites is 2. The molecule has 6 heteroatoms. The molecular formula is C14H19N3O3. The van der Waals surface area contributed by atoms with E-state index in [1.165, 1.54) is 4.57 Å². The molecule has 0 fully saturated rings. The first-order valence-corrected chi connectivity index (χ1v) is 6.61. The summed E-state index contributed by atoms with van der Waals surface area (Å²) in [5.41, 5.74) is 1.08. The summed E-state index contributed by atoms with van der Waals surface area (Å²) >= 11 is 0. The summed E-state index contributed by atoms with van der Waals surface area (Å²) in [6.07, 6.45) is -0.585. The summed E-state index contributed by atoms with van der Waals surface area (Å²) < 4.78 is 1.38. The van der Waals surface area contributed by atoms with Gasteiger partial charge in [0, 0.05) is 6.54 Å². The Kier molecular flexibility index (Phi) is 4.24. The number of nitrogens with zero attached hydrogens (tertiary/aromatic N) is 1. The highest BCUT2D eigenvalue weighted by Gasteiger charge is 2.13. The van der Waals surface area contributed by atoms with Gasteiger partial charge in [-0.15, -0.1) is 0 Å². The number of nitrogens with one attached hydrogen (secondary N) is 2. The number of carbonyl (C=O) groups is 1. The fourth-order valence-corrected chi connectivity index (χ4v) is 1.92. The van der Waals surface area contributed by atoms with Gasteiger partial charge in [-0.3, -0.25) is 9.36 Å². The van der Waals surface area contributed by atoms with Crippen LogP contribution in [0.15, 0.2) is 29.1 Å². The maximum absolute atomic E-state index is 11.8. The van der Waals surface area contributed by atoms with Crippen LogP contribution in [0, 0.1) is 5.92 Å². The monoisotopic (exact) mass is 277 g/mol. The highest BCUT2D eigenvalue weighted by molar-refractivity contribution is 5.80. The van der Waals surface area contributed by atoms with Crippen LogP contribution >= 0.6 is 0 Å². The van der Waals surface area contributed by atoms with Crippen molar-refractivity contribution in [2.24, 2.45) is 5.92 Å². The molecule has 1 heterocycles. The molecular weight excluding hydrogens is 258 g/mol. The van der Waals surface area contributed by atoms with E-state index in [-0.39, 0.29) is 30.6 Å². The number of hydrogen-bond acceptors (Lipinski definition) is 3.